The van der Waals surface area contributed by atoms with Gasteiger partial charge in [-0.2, -0.15) is 0 Å². The zero-order chi connectivity index (χ0) is 11.3. The molecule has 1 rings (SSSR count). The van der Waals surface area contributed by atoms with E-state index in [4.69, 9.17) is 15.2 Å². The number of rotatable bonds is 5. The van der Waals surface area contributed by atoms with E-state index in [-0.39, 0.29) is 12.3 Å². The second kappa shape index (κ2) is 5.14. The molecule has 0 atom stereocenters. The maximum atomic E-state index is 10.6. The molecule has 6 heteroatoms. The highest BCUT2D eigenvalue weighted by atomic mass is 16.5. The normalized spacial score (nSPS) is 9.73. The number of primary amides is 1. The minimum Gasteiger partial charge on any atom is -0.480 e. The van der Waals surface area contributed by atoms with Crippen LogP contribution < -0.4 is 15.2 Å². The molecule has 0 aliphatic heterocycles. The van der Waals surface area contributed by atoms with Crippen LogP contribution in [0.3, 0.4) is 0 Å². The van der Waals surface area contributed by atoms with Gasteiger partial charge in [0.05, 0.1) is 20.4 Å². The van der Waals surface area contributed by atoms with E-state index in [1.165, 1.54) is 20.4 Å². The average Bonchev–Trinajstić information content (AvgIpc) is 2.25. The third-order valence-corrected chi connectivity index (χ3v) is 1.79. The van der Waals surface area contributed by atoms with E-state index in [1.54, 1.807) is 0 Å². The Hall–Kier alpha value is -1.85. The number of nitrogens with zero attached hydrogens (tertiary/aromatic N) is 2. The summed E-state index contributed by atoms with van der Waals surface area (Å²) in [6, 6.07) is 0. The standard InChI is InChI=1S/C9H13N3O3/c1-14-8-5-11-9(15-2)6(12-8)3-4-7(10)13/h5H,3-4H2,1-2H3,(H2,10,13). The Labute approximate surface area is 87.4 Å². The van der Waals surface area contributed by atoms with E-state index in [2.05, 4.69) is 9.97 Å². The van der Waals surface area contributed by atoms with Crippen molar-refractivity contribution in [1.29, 1.82) is 0 Å². The van der Waals surface area contributed by atoms with Crippen LogP contribution in [0, 0.1) is 0 Å². The van der Waals surface area contributed by atoms with Gasteiger partial charge in [0.2, 0.25) is 17.7 Å². The Morgan fingerprint density at radius 3 is 2.73 bits per heavy atom. The summed E-state index contributed by atoms with van der Waals surface area (Å²) < 4.78 is 9.91. The third-order valence-electron chi connectivity index (χ3n) is 1.79. The molecule has 0 aromatic carbocycles. The maximum Gasteiger partial charge on any atom is 0.235 e. The zero-order valence-corrected chi connectivity index (χ0v) is 8.69. The SMILES string of the molecule is COc1cnc(OC)c(CCC(N)=O)n1. The Bertz CT molecular complexity index is 354. The molecule has 0 bridgehead atoms. The number of aryl methyl sites for hydroxylation is 1. The largest absolute Gasteiger partial charge is 0.480 e. The number of nitrogens with two attached hydrogens (primary N) is 1. The number of carbonyl (C=O) groups excluding carboxylic acids is 1. The van der Waals surface area contributed by atoms with Crippen molar-refractivity contribution in [3.63, 3.8) is 0 Å². The summed E-state index contributed by atoms with van der Waals surface area (Å²) in [5.41, 5.74) is 5.61. The lowest BCUT2D eigenvalue weighted by atomic mass is 10.2. The van der Waals surface area contributed by atoms with Crippen molar-refractivity contribution in [1.82, 2.24) is 9.97 Å². The summed E-state index contributed by atoms with van der Waals surface area (Å²) in [6.45, 7) is 0. The number of methoxy groups -OCH3 is 2. The Morgan fingerprint density at radius 2 is 2.20 bits per heavy atom. The van der Waals surface area contributed by atoms with E-state index < -0.39 is 0 Å². The number of ether oxygens (including phenoxy) is 2. The van der Waals surface area contributed by atoms with Crippen molar-refractivity contribution in [3.8, 4) is 11.8 Å². The first-order valence-electron chi connectivity index (χ1n) is 4.39. The minimum absolute atomic E-state index is 0.207. The fourth-order valence-corrected chi connectivity index (χ4v) is 1.07. The highest BCUT2D eigenvalue weighted by molar-refractivity contribution is 5.74. The van der Waals surface area contributed by atoms with Crippen LogP contribution in [-0.4, -0.2) is 30.1 Å². The van der Waals surface area contributed by atoms with Crippen molar-refractivity contribution in [3.05, 3.63) is 11.9 Å². The van der Waals surface area contributed by atoms with Crippen molar-refractivity contribution in [2.24, 2.45) is 5.73 Å². The molecular formula is C9H13N3O3. The fourth-order valence-electron chi connectivity index (χ4n) is 1.07. The van der Waals surface area contributed by atoms with Gasteiger partial charge in [-0.15, -0.1) is 0 Å². The molecule has 15 heavy (non-hydrogen) atoms. The lowest BCUT2D eigenvalue weighted by Gasteiger charge is -2.06. The van der Waals surface area contributed by atoms with Gasteiger partial charge in [0, 0.05) is 12.8 Å². The van der Waals surface area contributed by atoms with Crippen LogP contribution in [0.25, 0.3) is 0 Å². The number of carbonyl (C=O) groups is 1. The molecular weight excluding hydrogens is 198 g/mol. The van der Waals surface area contributed by atoms with Crippen LogP contribution in [0.5, 0.6) is 11.8 Å². The van der Waals surface area contributed by atoms with E-state index in [0.717, 1.165) is 0 Å². The van der Waals surface area contributed by atoms with Gasteiger partial charge in [-0.05, 0) is 0 Å². The Balaban J connectivity index is 2.85. The van der Waals surface area contributed by atoms with Gasteiger partial charge in [0.15, 0.2) is 0 Å². The van der Waals surface area contributed by atoms with Crippen LogP contribution >= 0.6 is 0 Å². The number of hydrogen-bond donors (Lipinski definition) is 1. The maximum absolute atomic E-state index is 10.6. The van der Waals surface area contributed by atoms with Crippen LogP contribution in [0.1, 0.15) is 12.1 Å². The van der Waals surface area contributed by atoms with Gasteiger partial charge >= 0.3 is 0 Å². The lowest BCUT2D eigenvalue weighted by molar-refractivity contribution is -0.118. The first kappa shape index (κ1) is 11.2. The van der Waals surface area contributed by atoms with E-state index in [1.807, 2.05) is 0 Å². The zero-order valence-electron chi connectivity index (χ0n) is 8.69. The first-order valence-corrected chi connectivity index (χ1v) is 4.39. The first-order chi connectivity index (χ1) is 7.17. The van der Waals surface area contributed by atoms with Crippen molar-refractivity contribution in [2.75, 3.05) is 14.2 Å². The molecule has 0 aliphatic carbocycles. The monoisotopic (exact) mass is 211 g/mol. The van der Waals surface area contributed by atoms with Gasteiger partial charge in [-0.1, -0.05) is 0 Å². The predicted octanol–water partition coefficient (Wildman–Crippen LogP) is -0.0883. The molecule has 1 heterocycles. The Morgan fingerprint density at radius 1 is 1.47 bits per heavy atom. The van der Waals surface area contributed by atoms with Crippen molar-refractivity contribution in [2.45, 2.75) is 12.8 Å². The summed E-state index contributed by atoms with van der Waals surface area (Å²) in [5.74, 6) is 0.383. The second-order valence-corrected chi connectivity index (χ2v) is 2.83. The number of amides is 1. The molecule has 82 valence electrons. The van der Waals surface area contributed by atoms with Crippen LogP contribution in [0.2, 0.25) is 0 Å². The molecule has 0 saturated heterocycles. The summed E-state index contributed by atoms with van der Waals surface area (Å²) in [4.78, 5) is 18.7. The van der Waals surface area contributed by atoms with Gasteiger partial charge in [0.1, 0.15) is 5.69 Å². The van der Waals surface area contributed by atoms with E-state index >= 15 is 0 Å². The van der Waals surface area contributed by atoms with E-state index in [9.17, 15) is 4.79 Å². The number of hydrogen-bond acceptors (Lipinski definition) is 5. The molecule has 0 spiro atoms. The topological polar surface area (TPSA) is 87.3 Å². The molecule has 0 unspecified atom stereocenters. The van der Waals surface area contributed by atoms with Gasteiger partial charge in [-0.25, -0.2) is 9.97 Å². The molecule has 1 aromatic heterocycles. The molecule has 0 saturated carbocycles. The highest BCUT2D eigenvalue weighted by Gasteiger charge is 2.09. The molecule has 0 aliphatic rings. The molecule has 6 nitrogen and oxygen atoms in total. The van der Waals surface area contributed by atoms with Crippen LogP contribution in [0.15, 0.2) is 6.20 Å². The second-order valence-electron chi connectivity index (χ2n) is 2.83. The molecule has 2 N–H and O–H groups in total. The highest BCUT2D eigenvalue weighted by Crippen LogP contribution is 2.17. The lowest BCUT2D eigenvalue weighted by Crippen LogP contribution is -2.12. The van der Waals surface area contributed by atoms with Gasteiger partial charge in [-0.3, -0.25) is 4.79 Å². The molecule has 0 fully saturated rings. The minimum atomic E-state index is -0.387. The van der Waals surface area contributed by atoms with Crippen molar-refractivity contribution < 1.29 is 14.3 Å². The van der Waals surface area contributed by atoms with Crippen molar-refractivity contribution >= 4 is 5.91 Å². The molecule has 1 aromatic rings. The Kier molecular flexibility index (Phi) is 3.84. The summed E-state index contributed by atoms with van der Waals surface area (Å²) >= 11 is 0. The van der Waals surface area contributed by atoms with Gasteiger partial charge in [0.25, 0.3) is 0 Å². The summed E-state index contributed by atoms with van der Waals surface area (Å²) in [7, 11) is 2.98. The smallest absolute Gasteiger partial charge is 0.235 e. The molecule has 0 radical (unpaired) electrons. The molecule has 1 amide bonds. The number of aromatic nitrogens is 2. The summed E-state index contributed by atoms with van der Waals surface area (Å²) in [6.07, 6.45) is 2.05. The summed E-state index contributed by atoms with van der Waals surface area (Å²) in [5, 5.41) is 0. The average molecular weight is 211 g/mol. The van der Waals surface area contributed by atoms with Crippen LogP contribution in [-0.2, 0) is 11.2 Å². The van der Waals surface area contributed by atoms with Gasteiger partial charge < -0.3 is 15.2 Å². The third kappa shape index (κ3) is 3.08. The fraction of sp³-hybridized carbons (Fsp3) is 0.444. The van der Waals surface area contributed by atoms with Crippen LogP contribution in [0.4, 0.5) is 0 Å². The predicted molar refractivity (Wildman–Crippen MR) is 52.7 cm³/mol. The quantitative estimate of drug-likeness (QED) is 0.735. The van der Waals surface area contributed by atoms with E-state index in [0.29, 0.717) is 23.9 Å².